The van der Waals surface area contributed by atoms with Gasteiger partial charge in [0.2, 0.25) is 0 Å². The summed E-state index contributed by atoms with van der Waals surface area (Å²) in [5, 5.41) is 39.4. The maximum Gasteiger partial charge on any atom is 0.337 e. The number of carbonyl (C=O) groups excluding carboxylic acids is 1. The van der Waals surface area contributed by atoms with Crippen LogP contribution in [0.5, 0.6) is 5.75 Å². The van der Waals surface area contributed by atoms with Crippen LogP contribution in [0.15, 0.2) is 93.3 Å². The number of aromatic hydroxyl groups is 1. The van der Waals surface area contributed by atoms with E-state index >= 15 is 0 Å². The van der Waals surface area contributed by atoms with E-state index in [1.807, 2.05) is 0 Å². The highest BCUT2D eigenvalue weighted by Crippen LogP contribution is 2.31. The summed E-state index contributed by atoms with van der Waals surface area (Å²) in [6.45, 7) is 1.19. The molecule has 0 aliphatic rings. The normalized spacial score (nSPS) is 12.2. The zero-order chi connectivity index (χ0) is 26.5. The Hall–Kier alpha value is -4.42. The zero-order valence-electron chi connectivity index (χ0n) is 18.5. The topological polar surface area (TPSA) is 178 Å². The van der Waals surface area contributed by atoms with Gasteiger partial charge in [0.15, 0.2) is 5.70 Å². The molecule has 0 spiro atoms. The van der Waals surface area contributed by atoms with Crippen LogP contribution in [0.4, 0.5) is 17.1 Å². The number of anilines is 2. The first-order valence-electron chi connectivity index (χ1n) is 10.0. The minimum absolute atomic E-state index is 0.168. The van der Waals surface area contributed by atoms with E-state index < -0.39 is 39.1 Å². The Morgan fingerprint density at radius 3 is 2.22 bits per heavy atom. The van der Waals surface area contributed by atoms with Crippen molar-refractivity contribution in [1.82, 2.24) is 0 Å². The fourth-order valence-electron chi connectivity index (χ4n) is 2.84. The van der Waals surface area contributed by atoms with Crippen LogP contribution in [0.2, 0.25) is 5.02 Å². The molecule has 0 saturated heterocycles. The van der Waals surface area contributed by atoms with Crippen LogP contribution >= 0.6 is 11.6 Å². The second-order valence-corrected chi connectivity index (χ2v) is 9.26. The van der Waals surface area contributed by atoms with Crippen molar-refractivity contribution in [2.24, 2.45) is 10.2 Å². The van der Waals surface area contributed by atoms with Gasteiger partial charge in [-0.05, 0) is 49.4 Å². The molecule has 5 N–H and O–H groups in total. The number of azo groups is 1. The van der Waals surface area contributed by atoms with E-state index in [-0.39, 0.29) is 32.5 Å². The molecule has 0 heterocycles. The highest BCUT2D eigenvalue weighted by Gasteiger charge is 2.20. The number of allylic oxidation sites excluding steroid dienone is 1. The predicted octanol–water partition coefficient (Wildman–Crippen LogP) is 5.06. The van der Waals surface area contributed by atoms with Crippen molar-refractivity contribution in [2.45, 2.75) is 11.8 Å². The number of sulfonamides is 1. The average molecular weight is 531 g/mol. The van der Waals surface area contributed by atoms with Crippen molar-refractivity contribution in [3.8, 4) is 5.75 Å². The number of carboxylic acid groups (broad SMARTS) is 1. The molecule has 3 aromatic carbocycles. The second kappa shape index (κ2) is 10.9. The molecule has 0 aliphatic carbocycles. The molecule has 0 unspecified atom stereocenters. The predicted molar refractivity (Wildman–Crippen MR) is 132 cm³/mol. The quantitative estimate of drug-likeness (QED) is 0.153. The summed E-state index contributed by atoms with van der Waals surface area (Å²) in [4.78, 5) is 23.6. The van der Waals surface area contributed by atoms with Gasteiger partial charge in [0, 0.05) is 0 Å². The smallest absolute Gasteiger partial charge is 0.337 e. The maximum atomic E-state index is 12.8. The Morgan fingerprint density at radius 2 is 1.58 bits per heavy atom. The first-order chi connectivity index (χ1) is 17.0. The summed E-state index contributed by atoms with van der Waals surface area (Å²) in [7, 11) is -4.31. The zero-order valence-corrected chi connectivity index (χ0v) is 20.1. The van der Waals surface area contributed by atoms with Crippen molar-refractivity contribution in [3.63, 3.8) is 0 Å². The summed E-state index contributed by atoms with van der Waals surface area (Å²) in [5.41, 5.74) is -1.04. The van der Waals surface area contributed by atoms with Crippen molar-refractivity contribution >= 4 is 50.6 Å². The number of carbonyl (C=O) groups is 2. The summed E-state index contributed by atoms with van der Waals surface area (Å²) in [6, 6.07) is 14.8. The highest BCUT2D eigenvalue weighted by atomic mass is 35.5. The minimum atomic E-state index is -4.31. The van der Waals surface area contributed by atoms with Crippen LogP contribution < -0.4 is 10.0 Å². The molecule has 0 aromatic heterocycles. The molecule has 0 saturated carbocycles. The Labute approximate surface area is 210 Å². The minimum Gasteiger partial charge on any atom is -0.510 e. The van der Waals surface area contributed by atoms with E-state index in [9.17, 15) is 33.3 Å². The van der Waals surface area contributed by atoms with Gasteiger partial charge in [-0.2, -0.15) is 0 Å². The third-order valence-electron chi connectivity index (χ3n) is 4.60. The van der Waals surface area contributed by atoms with E-state index in [0.29, 0.717) is 0 Å². The maximum absolute atomic E-state index is 12.8. The molecular weight excluding hydrogens is 512 g/mol. The molecule has 0 bridgehead atoms. The number of phenolic OH excluding ortho intramolecular Hbond substituents is 1. The molecule has 13 heteroatoms. The fraction of sp³-hybridized carbons (Fsp3) is 0.0435. The summed E-state index contributed by atoms with van der Waals surface area (Å²) < 4.78 is 27.9. The summed E-state index contributed by atoms with van der Waals surface area (Å²) >= 11 is 6.02. The van der Waals surface area contributed by atoms with E-state index in [2.05, 4.69) is 20.3 Å². The van der Waals surface area contributed by atoms with E-state index in [1.54, 1.807) is 18.2 Å². The van der Waals surface area contributed by atoms with Gasteiger partial charge in [-0.1, -0.05) is 35.9 Å². The second-order valence-electron chi connectivity index (χ2n) is 7.17. The molecular formula is C23H19ClN4O7S. The van der Waals surface area contributed by atoms with Crippen LogP contribution in [0, 0.1) is 0 Å². The summed E-state index contributed by atoms with van der Waals surface area (Å²) in [5.74, 6) is -3.16. The van der Waals surface area contributed by atoms with Crippen LogP contribution in [-0.4, -0.2) is 35.6 Å². The number of hydrogen-bond acceptors (Lipinski definition) is 8. The number of para-hydroxylation sites is 2. The number of nitrogens with zero attached hydrogens (tertiary/aromatic N) is 2. The number of phenols is 1. The van der Waals surface area contributed by atoms with E-state index in [1.165, 1.54) is 37.3 Å². The molecule has 0 aliphatic heterocycles. The fourth-order valence-corrected chi connectivity index (χ4v) is 4.13. The lowest BCUT2D eigenvalue weighted by atomic mass is 10.2. The van der Waals surface area contributed by atoms with Crippen molar-refractivity contribution in [3.05, 3.63) is 88.8 Å². The number of halogens is 1. The lowest BCUT2D eigenvalue weighted by Gasteiger charge is -2.11. The Balaban J connectivity index is 1.90. The Bertz CT molecular complexity index is 1500. The lowest BCUT2D eigenvalue weighted by Crippen LogP contribution is -2.15. The molecule has 11 nitrogen and oxygen atoms in total. The van der Waals surface area contributed by atoms with Gasteiger partial charge in [0.25, 0.3) is 15.9 Å². The van der Waals surface area contributed by atoms with Crippen molar-refractivity contribution in [1.29, 1.82) is 0 Å². The van der Waals surface area contributed by atoms with Crippen LogP contribution in [0.3, 0.4) is 0 Å². The number of carboxylic acids is 1. The van der Waals surface area contributed by atoms with E-state index in [4.69, 9.17) is 11.6 Å². The van der Waals surface area contributed by atoms with Gasteiger partial charge >= 0.3 is 5.97 Å². The first-order valence-corrected chi connectivity index (χ1v) is 11.9. The number of aliphatic hydroxyl groups excluding tert-OH is 1. The van der Waals surface area contributed by atoms with Gasteiger partial charge in [-0.25, -0.2) is 13.2 Å². The van der Waals surface area contributed by atoms with Crippen LogP contribution in [0.25, 0.3) is 0 Å². The third kappa shape index (κ3) is 6.17. The largest absolute Gasteiger partial charge is 0.510 e. The number of rotatable bonds is 8. The SMILES string of the molecule is C/C(O)=C(/N=Nc1cc(S(=O)(=O)Nc2ccccc2C(=O)O)ccc1O)C(=O)Nc1ccccc1Cl. The number of nitrogens with one attached hydrogen (secondary N) is 2. The van der Waals surface area contributed by atoms with Crippen LogP contribution in [0.1, 0.15) is 17.3 Å². The molecule has 0 radical (unpaired) electrons. The van der Waals surface area contributed by atoms with Gasteiger partial charge in [-0.15, -0.1) is 10.2 Å². The number of hydrogen-bond donors (Lipinski definition) is 5. The number of amides is 1. The highest BCUT2D eigenvalue weighted by molar-refractivity contribution is 7.92. The van der Waals surface area contributed by atoms with Crippen LogP contribution in [-0.2, 0) is 14.8 Å². The first kappa shape index (κ1) is 26.2. The van der Waals surface area contributed by atoms with E-state index in [0.717, 1.165) is 18.2 Å². The molecule has 186 valence electrons. The molecule has 0 fully saturated rings. The summed E-state index contributed by atoms with van der Waals surface area (Å²) in [6.07, 6.45) is 0. The monoisotopic (exact) mass is 530 g/mol. The Morgan fingerprint density at radius 1 is 0.944 bits per heavy atom. The van der Waals surface area contributed by atoms with Crippen molar-refractivity contribution in [2.75, 3.05) is 10.0 Å². The molecule has 1 amide bonds. The molecule has 3 rings (SSSR count). The number of aliphatic hydroxyl groups is 1. The van der Waals surface area contributed by atoms with Gasteiger partial charge < -0.3 is 20.6 Å². The number of benzene rings is 3. The average Bonchev–Trinajstić information content (AvgIpc) is 2.81. The van der Waals surface area contributed by atoms with Gasteiger partial charge in [0.05, 0.1) is 26.9 Å². The van der Waals surface area contributed by atoms with Crippen molar-refractivity contribution < 1.29 is 33.3 Å². The Kier molecular flexibility index (Phi) is 7.92. The lowest BCUT2D eigenvalue weighted by molar-refractivity contribution is -0.113. The number of aromatic carboxylic acids is 1. The molecule has 36 heavy (non-hydrogen) atoms. The van der Waals surface area contributed by atoms with Gasteiger partial charge in [0.1, 0.15) is 17.2 Å². The molecule has 0 atom stereocenters. The van der Waals surface area contributed by atoms with Gasteiger partial charge in [-0.3, -0.25) is 9.52 Å². The third-order valence-corrected chi connectivity index (χ3v) is 6.29. The standard InChI is InChI=1S/C23H19ClN4O7S/c1-13(29)21(22(31)25-18-9-5-3-7-16(18)24)27-26-19-12-14(10-11-20(19)30)36(34,35)28-17-8-4-2-6-15(17)23(32)33/h2-12,28-30H,1H3,(H,25,31)(H,32,33)/b21-13-,27-26?. The molecule has 3 aromatic rings.